The minimum atomic E-state index is -0.982. The van der Waals surface area contributed by atoms with Crippen LogP contribution in [0.5, 0.6) is 5.75 Å². The quantitative estimate of drug-likeness (QED) is 0.565. The van der Waals surface area contributed by atoms with Crippen LogP contribution < -0.4 is 15.5 Å². The summed E-state index contributed by atoms with van der Waals surface area (Å²) in [4.78, 5) is 22.8. The van der Waals surface area contributed by atoms with Gasteiger partial charge in [-0.05, 0) is 69.7 Å². The Hall–Kier alpha value is -3.00. The van der Waals surface area contributed by atoms with E-state index in [4.69, 9.17) is 0 Å². The predicted octanol–water partition coefficient (Wildman–Crippen LogP) is 3.59. The zero-order chi connectivity index (χ0) is 24.1. The summed E-state index contributed by atoms with van der Waals surface area (Å²) < 4.78 is 15.8. The largest absolute Gasteiger partial charge is 0.507 e. The van der Waals surface area contributed by atoms with Gasteiger partial charge in [-0.3, -0.25) is 9.78 Å². The van der Waals surface area contributed by atoms with Crippen LogP contribution in [0.3, 0.4) is 0 Å². The first kappa shape index (κ1) is 22.8. The monoisotopic (exact) mass is 465 g/mol. The Morgan fingerprint density at radius 1 is 1.26 bits per heavy atom. The van der Waals surface area contributed by atoms with Crippen LogP contribution >= 0.6 is 0 Å². The zero-order valence-electron chi connectivity index (χ0n) is 19.9. The minimum absolute atomic E-state index is 0.0533. The molecular weight excluding hydrogens is 433 g/mol. The van der Waals surface area contributed by atoms with Gasteiger partial charge in [-0.15, -0.1) is 0 Å². The average molecular weight is 466 g/mol. The van der Waals surface area contributed by atoms with E-state index < -0.39 is 11.7 Å². The SMILES string of the molecule is CNC(=O)/C=C/c1ccc(-c2cnc(N(C3CC3)[C@H]3C[C@]4(C)CC[C@@](C)(N4)[C@H]3F)cn2)c(O)c1. The number of piperidine rings is 1. The highest BCUT2D eigenvalue weighted by Crippen LogP contribution is 2.47. The fourth-order valence-corrected chi connectivity index (χ4v) is 5.64. The first-order valence-corrected chi connectivity index (χ1v) is 12.0. The molecule has 8 heteroatoms. The molecule has 0 unspecified atom stereocenters. The van der Waals surface area contributed by atoms with E-state index in [9.17, 15) is 9.90 Å². The molecule has 2 saturated heterocycles. The van der Waals surface area contributed by atoms with Gasteiger partial charge in [-0.1, -0.05) is 6.07 Å². The average Bonchev–Trinajstić information content (AvgIpc) is 3.61. The van der Waals surface area contributed by atoms with Crippen molar-refractivity contribution in [1.29, 1.82) is 0 Å². The normalized spacial score (nSPS) is 30.5. The van der Waals surface area contributed by atoms with Gasteiger partial charge in [-0.2, -0.15) is 0 Å². The van der Waals surface area contributed by atoms with Crippen molar-refractivity contribution < 1.29 is 14.3 Å². The standard InChI is InChI=1S/C26H32FN5O2/c1-25-10-11-26(2,31-25)24(27)20(13-25)32(17-6-7-17)22-15-29-19(14-30-22)18-8-4-16(12-21(18)33)5-9-23(34)28-3/h4-5,8-9,12,14-15,17,20,24,31,33H,6-7,10-11,13H2,1-3H3,(H,28,34)/b9-5+/t20-,24-,25-,26+/m0/s1. The number of carbonyl (C=O) groups is 1. The van der Waals surface area contributed by atoms with E-state index >= 15 is 4.39 Å². The molecule has 1 aromatic heterocycles. The summed E-state index contributed by atoms with van der Waals surface area (Å²) in [6.07, 6.45) is 10.1. The number of nitrogens with one attached hydrogen (secondary N) is 2. The molecule has 2 aliphatic heterocycles. The first-order chi connectivity index (χ1) is 16.2. The molecule has 3 heterocycles. The lowest BCUT2D eigenvalue weighted by atomic mass is 9.82. The van der Waals surface area contributed by atoms with Crippen LogP contribution in [0.4, 0.5) is 10.2 Å². The Bertz CT molecular complexity index is 1120. The molecule has 0 spiro atoms. The number of halogens is 1. The number of phenols is 1. The third-order valence-corrected chi connectivity index (χ3v) is 7.56. The van der Waals surface area contributed by atoms with Crippen molar-refractivity contribution in [2.45, 2.75) is 75.3 Å². The lowest BCUT2D eigenvalue weighted by Crippen LogP contribution is -2.66. The van der Waals surface area contributed by atoms with Gasteiger partial charge in [0.1, 0.15) is 17.7 Å². The Morgan fingerprint density at radius 2 is 2.06 bits per heavy atom. The molecule has 1 amide bonds. The van der Waals surface area contributed by atoms with Gasteiger partial charge in [-0.25, -0.2) is 9.37 Å². The molecule has 3 fully saturated rings. The van der Waals surface area contributed by atoms with E-state index in [1.807, 2.05) is 6.92 Å². The molecule has 2 aromatic rings. The number of anilines is 1. The molecule has 5 rings (SSSR count). The number of likely N-dealkylation sites (N-methyl/N-ethyl adjacent to an activating group) is 1. The van der Waals surface area contributed by atoms with Crippen LogP contribution in [0.1, 0.15) is 51.5 Å². The molecule has 3 aliphatic rings. The molecule has 4 atom stereocenters. The molecule has 34 heavy (non-hydrogen) atoms. The topological polar surface area (TPSA) is 90.4 Å². The number of phenolic OH excluding ortho intramolecular Hbond substituents is 1. The summed E-state index contributed by atoms with van der Waals surface area (Å²) in [5, 5.41) is 16.6. The lowest BCUT2D eigenvalue weighted by molar-refractivity contribution is -0.115. The van der Waals surface area contributed by atoms with Gasteiger partial charge >= 0.3 is 0 Å². The Kier molecular flexibility index (Phi) is 5.59. The van der Waals surface area contributed by atoms with E-state index in [0.717, 1.165) is 32.1 Å². The first-order valence-electron chi connectivity index (χ1n) is 12.0. The fourth-order valence-electron chi connectivity index (χ4n) is 5.64. The van der Waals surface area contributed by atoms with Crippen molar-refractivity contribution >= 4 is 17.8 Å². The molecule has 1 aliphatic carbocycles. The molecule has 2 bridgehead atoms. The maximum atomic E-state index is 15.8. The lowest BCUT2D eigenvalue weighted by Gasteiger charge is -2.48. The van der Waals surface area contributed by atoms with Gasteiger partial charge in [0, 0.05) is 35.8 Å². The fraction of sp³-hybridized carbons (Fsp3) is 0.500. The zero-order valence-corrected chi connectivity index (χ0v) is 19.9. The number of hydrogen-bond donors (Lipinski definition) is 3. The summed E-state index contributed by atoms with van der Waals surface area (Å²) in [6, 6.07) is 5.21. The van der Waals surface area contributed by atoms with E-state index in [-0.39, 0.29) is 23.2 Å². The molecule has 0 radical (unpaired) electrons. The summed E-state index contributed by atoms with van der Waals surface area (Å²) in [6.45, 7) is 4.21. The van der Waals surface area contributed by atoms with Gasteiger partial charge in [0.2, 0.25) is 5.91 Å². The van der Waals surface area contributed by atoms with Crippen molar-refractivity contribution in [2.75, 3.05) is 11.9 Å². The van der Waals surface area contributed by atoms with Crippen molar-refractivity contribution in [2.24, 2.45) is 0 Å². The number of fused-ring (bicyclic) bond motifs is 2. The molecule has 7 nitrogen and oxygen atoms in total. The predicted molar refractivity (Wildman–Crippen MR) is 130 cm³/mol. The third-order valence-electron chi connectivity index (χ3n) is 7.56. The van der Waals surface area contributed by atoms with Crippen LogP contribution in [-0.4, -0.2) is 57.4 Å². The van der Waals surface area contributed by atoms with E-state index in [1.165, 1.54) is 6.08 Å². The highest BCUT2D eigenvalue weighted by molar-refractivity contribution is 5.91. The summed E-state index contributed by atoms with van der Waals surface area (Å²) in [7, 11) is 1.56. The number of amides is 1. The number of benzene rings is 1. The highest BCUT2D eigenvalue weighted by Gasteiger charge is 2.58. The van der Waals surface area contributed by atoms with Crippen LogP contribution in [0.15, 0.2) is 36.7 Å². The van der Waals surface area contributed by atoms with Crippen LogP contribution in [0, 0.1) is 0 Å². The second-order valence-corrected chi connectivity index (χ2v) is 10.4. The Balaban J connectivity index is 1.39. The Morgan fingerprint density at radius 3 is 2.71 bits per heavy atom. The number of carbonyl (C=O) groups excluding carboxylic acids is 1. The van der Waals surface area contributed by atoms with E-state index in [0.29, 0.717) is 28.7 Å². The number of hydrogen-bond acceptors (Lipinski definition) is 6. The number of nitrogens with zero attached hydrogens (tertiary/aromatic N) is 3. The second-order valence-electron chi connectivity index (χ2n) is 10.4. The van der Waals surface area contributed by atoms with Crippen LogP contribution in [-0.2, 0) is 4.79 Å². The molecule has 1 aromatic carbocycles. The second kappa shape index (κ2) is 8.34. The van der Waals surface area contributed by atoms with Gasteiger partial charge in [0.05, 0.1) is 24.1 Å². The van der Waals surface area contributed by atoms with E-state index in [1.54, 1.807) is 43.7 Å². The van der Waals surface area contributed by atoms with Crippen LogP contribution in [0.25, 0.3) is 17.3 Å². The van der Waals surface area contributed by atoms with Crippen LogP contribution in [0.2, 0.25) is 0 Å². The van der Waals surface area contributed by atoms with Gasteiger partial charge in [0.25, 0.3) is 0 Å². The summed E-state index contributed by atoms with van der Waals surface area (Å²) in [5.74, 6) is 0.530. The number of rotatable bonds is 6. The molecular formula is C26H32FN5O2. The smallest absolute Gasteiger partial charge is 0.243 e. The summed E-state index contributed by atoms with van der Waals surface area (Å²) >= 11 is 0. The molecule has 3 N–H and O–H groups in total. The molecule has 1 saturated carbocycles. The number of aromatic nitrogens is 2. The molecule has 180 valence electrons. The van der Waals surface area contributed by atoms with Gasteiger partial charge in [0.15, 0.2) is 0 Å². The van der Waals surface area contributed by atoms with Crippen molar-refractivity contribution in [3.05, 3.63) is 42.2 Å². The maximum absolute atomic E-state index is 15.8. The number of aromatic hydroxyl groups is 1. The highest BCUT2D eigenvalue weighted by atomic mass is 19.1. The van der Waals surface area contributed by atoms with Crippen molar-refractivity contribution in [3.63, 3.8) is 0 Å². The van der Waals surface area contributed by atoms with Crippen molar-refractivity contribution in [1.82, 2.24) is 20.6 Å². The van der Waals surface area contributed by atoms with Gasteiger partial charge < -0.3 is 20.6 Å². The maximum Gasteiger partial charge on any atom is 0.243 e. The number of alkyl halides is 1. The third kappa shape index (κ3) is 4.15. The minimum Gasteiger partial charge on any atom is -0.507 e. The van der Waals surface area contributed by atoms with Crippen molar-refractivity contribution in [3.8, 4) is 17.0 Å². The summed E-state index contributed by atoms with van der Waals surface area (Å²) in [5.41, 5.74) is 1.24. The Labute approximate surface area is 199 Å². The van der Waals surface area contributed by atoms with E-state index in [2.05, 4.69) is 32.4 Å².